The fourth-order valence-corrected chi connectivity index (χ4v) is 2.82. The minimum Gasteiger partial charge on any atom is -0.355 e. The van der Waals surface area contributed by atoms with Gasteiger partial charge in [-0.1, -0.05) is 13.8 Å². The van der Waals surface area contributed by atoms with Gasteiger partial charge in [-0.25, -0.2) is 0 Å². The molecule has 0 unspecified atom stereocenters. The number of aryl methyl sites for hydroxylation is 1. The van der Waals surface area contributed by atoms with Gasteiger partial charge in [0.1, 0.15) is 6.54 Å². The smallest absolute Gasteiger partial charge is 0.239 e. The summed E-state index contributed by atoms with van der Waals surface area (Å²) in [6, 6.07) is 1.92. The average molecular weight is 262 g/mol. The summed E-state index contributed by atoms with van der Waals surface area (Å²) < 4.78 is 1.99. The fourth-order valence-electron chi connectivity index (χ4n) is 2.82. The number of nitrogens with one attached hydrogen (secondary N) is 1. The Labute approximate surface area is 114 Å². The fraction of sp³-hybridized carbons (Fsp3) is 0.600. The number of fused-ring (bicyclic) bond motifs is 1. The van der Waals surface area contributed by atoms with Gasteiger partial charge in [-0.3, -0.25) is 9.59 Å². The summed E-state index contributed by atoms with van der Waals surface area (Å²) in [6.07, 6.45) is 1.44. The molecule has 0 saturated heterocycles. The number of ketones is 1. The molecular weight excluding hydrogens is 240 g/mol. The van der Waals surface area contributed by atoms with E-state index in [1.54, 1.807) is 0 Å². The van der Waals surface area contributed by atoms with Crippen molar-refractivity contribution in [1.82, 2.24) is 9.88 Å². The topological polar surface area (TPSA) is 51.1 Å². The predicted octanol–water partition coefficient (Wildman–Crippen LogP) is 2.09. The second-order valence-corrected chi connectivity index (χ2v) is 6.13. The summed E-state index contributed by atoms with van der Waals surface area (Å²) in [5.74, 6) is 0.198. The van der Waals surface area contributed by atoms with Crippen LogP contribution in [0.4, 0.5) is 0 Å². The molecule has 0 saturated carbocycles. The number of hydrogen-bond donors (Lipinski definition) is 1. The maximum absolute atomic E-state index is 12.2. The lowest BCUT2D eigenvalue weighted by atomic mass is 9.76. The van der Waals surface area contributed by atoms with Crippen molar-refractivity contribution in [1.29, 1.82) is 0 Å². The lowest BCUT2D eigenvalue weighted by molar-refractivity contribution is -0.121. The van der Waals surface area contributed by atoms with Gasteiger partial charge in [-0.15, -0.1) is 0 Å². The van der Waals surface area contributed by atoms with Crippen LogP contribution in [-0.2, 0) is 17.8 Å². The number of carbonyl (C=O) groups is 2. The Morgan fingerprint density at radius 2 is 2.11 bits per heavy atom. The molecule has 0 aliphatic heterocycles. The number of amides is 1. The van der Waals surface area contributed by atoms with E-state index in [0.29, 0.717) is 19.5 Å². The molecular formula is C15H22N2O2. The molecule has 19 heavy (non-hydrogen) atoms. The number of Topliss-reactive ketones (excluding diaryl/α,β-unsaturated/α-hetero) is 1. The van der Waals surface area contributed by atoms with Crippen LogP contribution in [-0.4, -0.2) is 22.8 Å². The summed E-state index contributed by atoms with van der Waals surface area (Å²) in [5, 5.41) is 2.81. The average Bonchev–Trinajstić information content (AvgIpc) is 2.56. The lowest BCUT2D eigenvalue weighted by Gasteiger charge is -2.29. The Kier molecular flexibility index (Phi) is 3.52. The van der Waals surface area contributed by atoms with Crippen molar-refractivity contribution in [3.63, 3.8) is 0 Å². The van der Waals surface area contributed by atoms with Crippen LogP contribution in [0, 0.1) is 12.3 Å². The van der Waals surface area contributed by atoms with E-state index in [1.165, 1.54) is 0 Å². The number of likely N-dealkylation sites (N-methyl/N-ethyl adjacent to an activating group) is 1. The molecule has 1 aliphatic carbocycles. The van der Waals surface area contributed by atoms with E-state index in [0.717, 1.165) is 23.4 Å². The van der Waals surface area contributed by atoms with E-state index < -0.39 is 0 Å². The molecule has 1 aliphatic rings. The van der Waals surface area contributed by atoms with Crippen LogP contribution >= 0.6 is 0 Å². The van der Waals surface area contributed by atoms with Crippen LogP contribution in [0.15, 0.2) is 6.07 Å². The Morgan fingerprint density at radius 3 is 2.74 bits per heavy atom. The molecule has 0 aromatic carbocycles. The Hall–Kier alpha value is -1.58. The molecule has 0 atom stereocenters. The third-order valence-corrected chi connectivity index (χ3v) is 3.68. The van der Waals surface area contributed by atoms with Gasteiger partial charge in [0.25, 0.3) is 0 Å². The lowest BCUT2D eigenvalue weighted by Crippen LogP contribution is -2.31. The molecule has 1 amide bonds. The van der Waals surface area contributed by atoms with Gasteiger partial charge in [0.2, 0.25) is 5.91 Å². The van der Waals surface area contributed by atoms with Crippen LogP contribution in [0.1, 0.15) is 48.9 Å². The van der Waals surface area contributed by atoms with E-state index in [2.05, 4.69) is 19.2 Å². The molecule has 2 rings (SSSR count). The highest BCUT2D eigenvalue weighted by Crippen LogP contribution is 2.36. The van der Waals surface area contributed by atoms with Gasteiger partial charge in [0.05, 0.1) is 0 Å². The summed E-state index contributed by atoms with van der Waals surface area (Å²) in [6.45, 7) is 9.00. The third-order valence-electron chi connectivity index (χ3n) is 3.68. The molecule has 4 heteroatoms. The van der Waals surface area contributed by atoms with Gasteiger partial charge in [-0.05, 0) is 31.7 Å². The van der Waals surface area contributed by atoms with Crippen LogP contribution in [0.3, 0.4) is 0 Å². The Bertz CT molecular complexity index is 526. The molecule has 0 bridgehead atoms. The van der Waals surface area contributed by atoms with Gasteiger partial charge < -0.3 is 9.88 Å². The molecule has 0 radical (unpaired) electrons. The zero-order chi connectivity index (χ0) is 14.2. The number of aromatic nitrogens is 1. The zero-order valence-corrected chi connectivity index (χ0v) is 12.2. The molecule has 1 aromatic heterocycles. The first kappa shape index (κ1) is 13.8. The van der Waals surface area contributed by atoms with E-state index in [9.17, 15) is 9.59 Å². The predicted molar refractivity (Wildman–Crippen MR) is 74.3 cm³/mol. The first-order valence-corrected chi connectivity index (χ1v) is 6.83. The van der Waals surface area contributed by atoms with Crippen molar-refractivity contribution in [2.24, 2.45) is 5.41 Å². The quantitative estimate of drug-likeness (QED) is 0.906. The zero-order valence-electron chi connectivity index (χ0n) is 12.2. The maximum atomic E-state index is 12.2. The molecule has 4 nitrogen and oxygen atoms in total. The van der Waals surface area contributed by atoms with Crippen molar-refractivity contribution in [2.75, 3.05) is 6.54 Å². The monoisotopic (exact) mass is 262 g/mol. The molecule has 0 fully saturated rings. The van der Waals surface area contributed by atoms with Gasteiger partial charge >= 0.3 is 0 Å². The van der Waals surface area contributed by atoms with Crippen molar-refractivity contribution in [3.05, 3.63) is 23.0 Å². The van der Waals surface area contributed by atoms with Gasteiger partial charge in [0.15, 0.2) is 5.78 Å². The third kappa shape index (κ3) is 2.72. The minimum atomic E-state index is -0.0200. The normalized spacial score (nSPS) is 17.2. The van der Waals surface area contributed by atoms with E-state index in [1.807, 2.05) is 24.5 Å². The first-order valence-electron chi connectivity index (χ1n) is 6.83. The van der Waals surface area contributed by atoms with Gasteiger partial charge in [-0.2, -0.15) is 0 Å². The van der Waals surface area contributed by atoms with Crippen molar-refractivity contribution >= 4 is 11.7 Å². The maximum Gasteiger partial charge on any atom is 0.239 e. The SMILES string of the molecule is CCNC(=O)Cn1c(C)cc2c1CC(C)(C)CC2=O. The van der Waals surface area contributed by atoms with Crippen molar-refractivity contribution < 1.29 is 9.59 Å². The Balaban J connectivity index is 2.36. The van der Waals surface area contributed by atoms with Crippen LogP contribution in [0.25, 0.3) is 0 Å². The number of rotatable bonds is 3. The van der Waals surface area contributed by atoms with E-state index in [-0.39, 0.29) is 17.1 Å². The van der Waals surface area contributed by atoms with Crippen molar-refractivity contribution in [2.45, 2.75) is 47.1 Å². The second-order valence-electron chi connectivity index (χ2n) is 6.13. The molecule has 0 spiro atoms. The highest BCUT2D eigenvalue weighted by molar-refractivity contribution is 5.99. The van der Waals surface area contributed by atoms with Gasteiger partial charge in [0, 0.05) is 29.9 Å². The number of carbonyl (C=O) groups excluding carboxylic acids is 2. The largest absolute Gasteiger partial charge is 0.355 e. The molecule has 1 N–H and O–H groups in total. The number of nitrogens with zero attached hydrogens (tertiary/aromatic N) is 1. The highest BCUT2D eigenvalue weighted by atomic mass is 16.2. The standard InChI is InChI=1S/C15H22N2O2/c1-5-16-14(19)9-17-10(2)6-11-12(17)7-15(3,4)8-13(11)18/h6H,5,7-9H2,1-4H3,(H,16,19). The van der Waals surface area contributed by atoms with Crippen LogP contribution < -0.4 is 5.32 Å². The summed E-state index contributed by atoms with van der Waals surface area (Å²) in [7, 11) is 0. The summed E-state index contributed by atoms with van der Waals surface area (Å²) in [4.78, 5) is 23.9. The van der Waals surface area contributed by atoms with Crippen molar-refractivity contribution in [3.8, 4) is 0 Å². The first-order chi connectivity index (χ1) is 8.84. The van der Waals surface area contributed by atoms with E-state index in [4.69, 9.17) is 0 Å². The number of hydrogen-bond acceptors (Lipinski definition) is 2. The molecule has 104 valence electrons. The van der Waals surface area contributed by atoms with E-state index >= 15 is 0 Å². The highest BCUT2D eigenvalue weighted by Gasteiger charge is 2.34. The minimum absolute atomic E-state index is 0.000159. The molecule has 1 aromatic rings. The Morgan fingerprint density at radius 1 is 1.42 bits per heavy atom. The molecule has 1 heterocycles. The summed E-state index contributed by atoms with van der Waals surface area (Å²) >= 11 is 0. The van der Waals surface area contributed by atoms with Crippen LogP contribution in [0.5, 0.6) is 0 Å². The summed E-state index contributed by atoms with van der Waals surface area (Å²) in [5.41, 5.74) is 2.79. The second kappa shape index (κ2) is 4.83. The van der Waals surface area contributed by atoms with Crippen LogP contribution in [0.2, 0.25) is 0 Å².